The quantitative estimate of drug-likeness (QED) is 0.558. The van der Waals surface area contributed by atoms with Gasteiger partial charge in [0.25, 0.3) is 0 Å². The fraction of sp³-hybridized carbons (Fsp3) is 0.222. The van der Waals surface area contributed by atoms with Crippen molar-refractivity contribution in [2.24, 2.45) is 0 Å². The maximum absolute atomic E-state index is 10.6. The Bertz CT molecular complexity index is 362. The van der Waals surface area contributed by atoms with Gasteiger partial charge in [0, 0.05) is 6.42 Å². The van der Waals surface area contributed by atoms with Gasteiger partial charge in [-0.25, -0.2) is 4.79 Å². The summed E-state index contributed by atoms with van der Waals surface area (Å²) in [5.41, 5.74) is 1.40. The highest BCUT2D eigenvalue weighted by atomic mass is 16.4. The second kappa shape index (κ2) is 2.65. The number of carboxylic acids is 1. The lowest BCUT2D eigenvalue weighted by atomic mass is 10.1. The number of phenols is 1. The Morgan fingerprint density at radius 1 is 1.54 bits per heavy atom. The van der Waals surface area contributed by atoms with Crippen molar-refractivity contribution in [1.29, 1.82) is 0 Å². The van der Waals surface area contributed by atoms with Crippen LogP contribution in [0.2, 0.25) is 0 Å². The zero-order chi connectivity index (χ0) is 9.42. The number of fused-ring (bicyclic) bond motifs is 1. The normalized spacial score (nSPS) is 19.2. The van der Waals surface area contributed by atoms with Gasteiger partial charge < -0.3 is 15.5 Å². The fourth-order valence-corrected chi connectivity index (χ4v) is 1.52. The first kappa shape index (κ1) is 7.91. The maximum atomic E-state index is 10.6. The molecule has 1 aliphatic rings. The highest BCUT2D eigenvalue weighted by Gasteiger charge is 2.27. The van der Waals surface area contributed by atoms with Crippen LogP contribution < -0.4 is 5.32 Å². The standard InChI is InChI=1S/C9H9NO3/c11-7-3-1-2-5-4-6(9(12)13)10-8(5)7/h1-3,6,10-11H,4H2,(H,12,13)/t6-/m1/s1. The van der Waals surface area contributed by atoms with Crippen molar-refractivity contribution in [1.82, 2.24) is 0 Å². The molecule has 1 heterocycles. The maximum Gasteiger partial charge on any atom is 0.326 e. The molecule has 1 aromatic rings. The van der Waals surface area contributed by atoms with Crippen LogP contribution in [0.4, 0.5) is 5.69 Å². The molecule has 1 aliphatic heterocycles. The summed E-state index contributed by atoms with van der Waals surface area (Å²) in [6.07, 6.45) is 0.430. The summed E-state index contributed by atoms with van der Waals surface area (Å²) in [6.45, 7) is 0. The zero-order valence-corrected chi connectivity index (χ0v) is 6.82. The molecule has 0 aliphatic carbocycles. The smallest absolute Gasteiger partial charge is 0.326 e. The molecule has 0 saturated heterocycles. The van der Waals surface area contributed by atoms with E-state index in [1.807, 2.05) is 6.07 Å². The number of rotatable bonds is 1. The van der Waals surface area contributed by atoms with Crippen molar-refractivity contribution in [3.63, 3.8) is 0 Å². The monoisotopic (exact) mass is 179 g/mol. The van der Waals surface area contributed by atoms with Crippen LogP contribution in [-0.4, -0.2) is 22.2 Å². The van der Waals surface area contributed by atoms with E-state index in [0.717, 1.165) is 5.56 Å². The minimum atomic E-state index is -0.893. The first-order valence-electron chi connectivity index (χ1n) is 3.98. The molecule has 1 atom stereocenters. The average Bonchev–Trinajstić information content (AvgIpc) is 2.49. The summed E-state index contributed by atoms with van der Waals surface area (Å²) in [6, 6.07) is 4.45. The summed E-state index contributed by atoms with van der Waals surface area (Å²) in [5, 5.41) is 20.9. The highest BCUT2D eigenvalue weighted by Crippen LogP contribution is 2.33. The van der Waals surface area contributed by atoms with E-state index >= 15 is 0 Å². The van der Waals surface area contributed by atoms with Gasteiger partial charge in [0.05, 0.1) is 5.69 Å². The molecule has 13 heavy (non-hydrogen) atoms. The number of carboxylic acid groups (broad SMARTS) is 1. The number of phenolic OH excluding ortho intramolecular Hbond substituents is 1. The van der Waals surface area contributed by atoms with Gasteiger partial charge in [0.1, 0.15) is 11.8 Å². The molecule has 0 saturated carbocycles. The molecule has 2 rings (SSSR count). The Labute approximate surface area is 74.8 Å². The summed E-state index contributed by atoms with van der Waals surface area (Å²) in [5.74, 6) is -0.781. The predicted molar refractivity (Wildman–Crippen MR) is 46.9 cm³/mol. The number of anilines is 1. The van der Waals surface area contributed by atoms with Gasteiger partial charge >= 0.3 is 5.97 Å². The third kappa shape index (κ3) is 1.20. The van der Waals surface area contributed by atoms with E-state index < -0.39 is 12.0 Å². The molecule has 0 bridgehead atoms. The molecule has 0 fully saturated rings. The van der Waals surface area contributed by atoms with Crippen molar-refractivity contribution in [2.45, 2.75) is 12.5 Å². The lowest BCUT2D eigenvalue weighted by Gasteiger charge is -2.04. The molecule has 4 heteroatoms. The van der Waals surface area contributed by atoms with Gasteiger partial charge in [0.15, 0.2) is 0 Å². The van der Waals surface area contributed by atoms with E-state index in [-0.39, 0.29) is 5.75 Å². The van der Waals surface area contributed by atoms with Crippen LogP contribution in [0.5, 0.6) is 5.75 Å². The van der Waals surface area contributed by atoms with Crippen molar-refractivity contribution in [2.75, 3.05) is 5.32 Å². The van der Waals surface area contributed by atoms with Crippen LogP contribution in [0.1, 0.15) is 5.56 Å². The molecule has 1 aromatic carbocycles. The Morgan fingerprint density at radius 3 is 2.92 bits per heavy atom. The zero-order valence-electron chi connectivity index (χ0n) is 6.82. The van der Waals surface area contributed by atoms with E-state index in [1.54, 1.807) is 6.07 Å². The Hall–Kier alpha value is -1.71. The SMILES string of the molecule is O=C(O)[C@H]1Cc2cccc(O)c2N1. The number of aliphatic carboxylic acids is 1. The van der Waals surface area contributed by atoms with Crippen LogP contribution in [0, 0.1) is 0 Å². The summed E-state index contributed by atoms with van der Waals surface area (Å²) in [4.78, 5) is 10.6. The van der Waals surface area contributed by atoms with E-state index in [0.29, 0.717) is 12.1 Å². The molecule has 3 N–H and O–H groups in total. The van der Waals surface area contributed by atoms with Gasteiger partial charge in [-0.05, 0) is 11.6 Å². The lowest BCUT2D eigenvalue weighted by Crippen LogP contribution is -2.26. The van der Waals surface area contributed by atoms with Gasteiger partial charge in [0.2, 0.25) is 0 Å². The fourth-order valence-electron chi connectivity index (χ4n) is 1.52. The minimum Gasteiger partial charge on any atom is -0.506 e. The first-order chi connectivity index (χ1) is 6.18. The largest absolute Gasteiger partial charge is 0.506 e. The molecule has 0 spiro atoms. The molecule has 0 aromatic heterocycles. The summed E-state index contributed by atoms with van der Waals surface area (Å²) >= 11 is 0. The van der Waals surface area contributed by atoms with Gasteiger partial charge in [-0.2, -0.15) is 0 Å². The van der Waals surface area contributed by atoms with Crippen molar-refractivity contribution < 1.29 is 15.0 Å². The topological polar surface area (TPSA) is 69.6 Å². The number of carbonyl (C=O) groups is 1. The number of benzene rings is 1. The third-order valence-corrected chi connectivity index (χ3v) is 2.17. The van der Waals surface area contributed by atoms with Crippen LogP contribution in [0.25, 0.3) is 0 Å². The summed E-state index contributed by atoms with van der Waals surface area (Å²) in [7, 11) is 0. The van der Waals surface area contributed by atoms with E-state index in [1.165, 1.54) is 6.07 Å². The van der Waals surface area contributed by atoms with E-state index in [9.17, 15) is 9.90 Å². The van der Waals surface area contributed by atoms with Crippen LogP contribution in [0.15, 0.2) is 18.2 Å². The molecule has 68 valence electrons. The van der Waals surface area contributed by atoms with Crippen molar-refractivity contribution in [3.05, 3.63) is 23.8 Å². The minimum absolute atomic E-state index is 0.112. The van der Waals surface area contributed by atoms with Gasteiger partial charge in [-0.3, -0.25) is 0 Å². The van der Waals surface area contributed by atoms with Crippen LogP contribution in [-0.2, 0) is 11.2 Å². The Balaban J connectivity index is 2.35. The van der Waals surface area contributed by atoms with Crippen LogP contribution in [0.3, 0.4) is 0 Å². The number of para-hydroxylation sites is 1. The molecular weight excluding hydrogens is 170 g/mol. The van der Waals surface area contributed by atoms with Gasteiger partial charge in [-0.15, -0.1) is 0 Å². The lowest BCUT2D eigenvalue weighted by molar-refractivity contribution is -0.137. The molecule has 0 amide bonds. The highest BCUT2D eigenvalue weighted by molar-refractivity contribution is 5.82. The van der Waals surface area contributed by atoms with Crippen molar-refractivity contribution in [3.8, 4) is 5.75 Å². The van der Waals surface area contributed by atoms with Gasteiger partial charge in [-0.1, -0.05) is 12.1 Å². The summed E-state index contributed by atoms with van der Waals surface area (Å²) < 4.78 is 0. The Morgan fingerprint density at radius 2 is 2.31 bits per heavy atom. The number of aromatic hydroxyl groups is 1. The average molecular weight is 179 g/mol. The first-order valence-corrected chi connectivity index (χ1v) is 3.98. The second-order valence-electron chi connectivity index (χ2n) is 3.05. The van der Waals surface area contributed by atoms with E-state index in [4.69, 9.17) is 5.11 Å². The predicted octanol–water partition coefficient (Wildman–Crippen LogP) is 0.813. The molecule has 0 radical (unpaired) electrons. The van der Waals surface area contributed by atoms with Crippen molar-refractivity contribution >= 4 is 11.7 Å². The number of hydrogen-bond donors (Lipinski definition) is 3. The molecular formula is C9H9NO3. The van der Waals surface area contributed by atoms with Crippen LogP contribution >= 0.6 is 0 Å². The number of hydrogen-bond acceptors (Lipinski definition) is 3. The number of nitrogens with one attached hydrogen (secondary N) is 1. The molecule has 0 unspecified atom stereocenters. The Kier molecular flexibility index (Phi) is 1.62. The molecule has 4 nitrogen and oxygen atoms in total. The van der Waals surface area contributed by atoms with E-state index in [2.05, 4.69) is 5.32 Å². The second-order valence-corrected chi connectivity index (χ2v) is 3.05. The third-order valence-electron chi connectivity index (χ3n) is 2.17.